The fourth-order valence-corrected chi connectivity index (χ4v) is 2.10. The van der Waals surface area contributed by atoms with Crippen molar-refractivity contribution in [3.8, 4) is 6.07 Å². The Morgan fingerprint density at radius 2 is 2.20 bits per heavy atom. The molecule has 1 aliphatic heterocycles. The molecule has 0 spiro atoms. The van der Waals surface area contributed by atoms with E-state index in [0.717, 1.165) is 19.5 Å². The molecule has 1 N–H and O–H groups in total. The van der Waals surface area contributed by atoms with Crippen LogP contribution < -0.4 is 5.32 Å². The maximum atomic E-state index is 8.81. The molecule has 1 heterocycles. The van der Waals surface area contributed by atoms with Crippen LogP contribution in [0.25, 0.3) is 0 Å². The standard InChI is InChI=1S/C11H11ClN2.ClH/c12-11-4-8(6-13)3-10(5-11)9-1-2-14-7-9;/h3-5,9,14H,1-2,7H2;1H/t9-;/m0./s1. The molecule has 1 saturated heterocycles. The third-order valence-corrected chi connectivity index (χ3v) is 2.80. The van der Waals surface area contributed by atoms with Crippen LogP contribution in [0.4, 0.5) is 0 Å². The molecule has 1 aliphatic rings. The van der Waals surface area contributed by atoms with Gasteiger partial charge < -0.3 is 5.32 Å². The molecule has 1 atom stereocenters. The Bertz CT molecular complexity index is 379. The first-order chi connectivity index (χ1) is 6.79. The Labute approximate surface area is 101 Å². The number of benzene rings is 1. The van der Waals surface area contributed by atoms with E-state index in [1.54, 1.807) is 6.07 Å². The largest absolute Gasteiger partial charge is 0.316 e. The van der Waals surface area contributed by atoms with Gasteiger partial charge in [0.25, 0.3) is 0 Å². The van der Waals surface area contributed by atoms with E-state index in [4.69, 9.17) is 16.9 Å². The van der Waals surface area contributed by atoms with Gasteiger partial charge in [0.05, 0.1) is 11.6 Å². The predicted molar refractivity (Wildman–Crippen MR) is 63.6 cm³/mol. The first-order valence-corrected chi connectivity index (χ1v) is 5.08. The minimum atomic E-state index is 0. The van der Waals surface area contributed by atoms with Crippen molar-refractivity contribution in [2.24, 2.45) is 0 Å². The number of halogens is 2. The van der Waals surface area contributed by atoms with Gasteiger partial charge in [-0.15, -0.1) is 12.4 Å². The van der Waals surface area contributed by atoms with Gasteiger partial charge in [-0.3, -0.25) is 0 Å². The molecule has 0 saturated carbocycles. The smallest absolute Gasteiger partial charge is 0.0992 e. The Kier molecular flexibility index (Phi) is 4.41. The van der Waals surface area contributed by atoms with E-state index >= 15 is 0 Å². The van der Waals surface area contributed by atoms with Crippen molar-refractivity contribution in [2.45, 2.75) is 12.3 Å². The molecule has 1 aromatic carbocycles. The predicted octanol–water partition coefficient (Wildman–Crippen LogP) is 2.71. The Morgan fingerprint density at radius 1 is 1.40 bits per heavy atom. The van der Waals surface area contributed by atoms with Crippen molar-refractivity contribution in [1.29, 1.82) is 5.26 Å². The first-order valence-electron chi connectivity index (χ1n) is 4.71. The lowest BCUT2D eigenvalue weighted by Crippen LogP contribution is -2.08. The average molecular weight is 243 g/mol. The zero-order chi connectivity index (χ0) is 9.97. The number of nitriles is 1. The molecule has 1 fully saturated rings. The minimum Gasteiger partial charge on any atom is -0.316 e. The number of hydrogen-bond acceptors (Lipinski definition) is 2. The Hall–Kier alpha value is -0.750. The zero-order valence-corrected chi connectivity index (χ0v) is 9.74. The molecule has 2 rings (SSSR count). The van der Waals surface area contributed by atoms with Crippen LogP contribution in [-0.4, -0.2) is 13.1 Å². The van der Waals surface area contributed by atoms with Crippen molar-refractivity contribution < 1.29 is 0 Å². The van der Waals surface area contributed by atoms with Crippen molar-refractivity contribution in [1.82, 2.24) is 5.32 Å². The lowest BCUT2D eigenvalue weighted by atomic mass is 9.97. The van der Waals surface area contributed by atoms with E-state index in [0.29, 0.717) is 16.5 Å². The van der Waals surface area contributed by atoms with E-state index in [1.807, 2.05) is 12.1 Å². The summed E-state index contributed by atoms with van der Waals surface area (Å²) in [5, 5.41) is 12.8. The minimum absolute atomic E-state index is 0. The van der Waals surface area contributed by atoms with Crippen LogP contribution in [0, 0.1) is 11.3 Å². The fraction of sp³-hybridized carbons (Fsp3) is 0.364. The number of nitrogens with zero attached hydrogens (tertiary/aromatic N) is 1. The maximum Gasteiger partial charge on any atom is 0.0992 e. The molecular weight excluding hydrogens is 231 g/mol. The fourth-order valence-electron chi connectivity index (χ4n) is 1.85. The highest BCUT2D eigenvalue weighted by atomic mass is 35.5. The van der Waals surface area contributed by atoms with Gasteiger partial charge in [-0.1, -0.05) is 11.6 Å². The molecule has 0 aromatic heterocycles. The first kappa shape index (κ1) is 12.3. The van der Waals surface area contributed by atoms with Crippen LogP contribution in [0.5, 0.6) is 0 Å². The molecule has 0 bridgehead atoms. The Balaban J connectivity index is 0.00000112. The summed E-state index contributed by atoms with van der Waals surface area (Å²) < 4.78 is 0. The molecule has 0 unspecified atom stereocenters. The van der Waals surface area contributed by atoms with E-state index in [9.17, 15) is 0 Å². The van der Waals surface area contributed by atoms with Gasteiger partial charge in [-0.25, -0.2) is 0 Å². The molecule has 15 heavy (non-hydrogen) atoms. The van der Waals surface area contributed by atoms with Gasteiger partial charge in [0.2, 0.25) is 0 Å². The van der Waals surface area contributed by atoms with Crippen LogP contribution in [0.2, 0.25) is 5.02 Å². The van der Waals surface area contributed by atoms with E-state index in [-0.39, 0.29) is 12.4 Å². The summed E-state index contributed by atoms with van der Waals surface area (Å²) in [7, 11) is 0. The summed E-state index contributed by atoms with van der Waals surface area (Å²) in [4.78, 5) is 0. The molecule has 0 aliphatic carbocycles. The van der Waals surface area contributed by atoms with Crippen LogP contribution in [-0.2, 0) is 0 Å². The van der Waals surface area contributed by atoms with Gasteiger partial charge in [0.15, 0.2) is 0 Å². The maximum absolute atomic E-state index is 8.81. The second kappa shape index (κ2) is 5.37. The van der Waals surface area contributed by atoms with Gasteiger partial charge >= 0.3 is 0 Å². The van der Waals surface area contributed by atoms with Gasteiger partial charge in [0.1, 0.15) is 0 Å². The lowest BCUT2D eigenvalue weighted by molar-refractivity contribution is 0.763. The summed E-state index contributed by atoms with van der Waals surface area (Å²) in [6, 6.07) is 7.72. The Morgan fingerprint density at radius 3 is 2.80 bits per heavy atom. The van der Waals surface area contributed by atoms with Gasteiger partial charge in [-0.05, 0) is 42.6 Å². The third kappa shape index (κ3) is 2.85. The molecule has 0 radical (unpaired) electrons. The normalized spacial score (nSPS) is 19.3. The molecule has 0 amide bonds. The summed E-state index contributed by atoms with van der Waals surface area (Å²) in [5.41, 5.74) is 1.83. The van der Waals surface area contributed by atoms with Crippen LogP contribution in [0.15, 0.2) is 18.2 Å². The summed E-state index contributed by atoms with van der Waals surface area (Å²) >= 11 is 5.94. The van der Waals surface area contributed by atoms with E-state index in [1.165, 1.54) is 5.56 Å². The highest BCUT2D eigenvalue weighted by molar-refractivity contribution is 6.30. The van der Waals surface area contributed by atoms with Crippen molar-refractivity contribution in [3.05, 3.63) is 34.3 Å². The summed E-state index contributed by atoms with van der Waals surface area (Å²) in [6.45, 7) is 2.05. The SMILES string of the molecule is Cl.N#Cc1cc(Cl)cc([C@H]2CCNC2)c1. The number of nitrogens with one attached hydrogen (secondary N) is 1. The second-order valence-electron chi connectivity index (χ2n) is 3.57. The van der Waals surface area contributed by atoms with Crippen molar-refractivity contribution in [3.63, 3.8) is 0 Å². The van der Waals surface area contributed by atoms with E-state index < -0.39 is 0 Å². The molecule has 80 valence electrons. The second-order valence-corrected chi connectivity index (χ2v) is 4.01. The molecule has 1 aromatic rings. The molecular formula is C11H12Cl2N2. The summed E-state index contributed by atoms with van der Waals surface area (Å²) in [6.07, 6.45) is 1.13. The van der Waals surface area contributed by atoms with E-state index in [2.05, 4.69) is 11.4 Å². The molecule has 2 nitrogen and oxygen atoms in total. The lowest BCUT2D eigenvalue weighted by Gasteiger charge is -2.09. The van der Waals surface area contributed by atoms with Gasteiger partial charge in [0, 0.05) is 11.6 Å². The summed E-state index contributed by atoms with van der Waals surface area (Å²) in [5.74, 6) is 0.515. The quantitative estimate of drug-likeness (QED) is 0.823. The zero-order valence-electron chi connectivity index (χ0n) is 8.16. The van der Waals surface area contributed by atoms with Crippen molar-refractivity contribution in [2.75, 3.05) is 13.1 Å². The van der Waals surface area contributed by atoms with Crippen LogP contribution >= 0.6 is 24.0 Å². The van der Waals surface area contributed by atoms with Crippen LogP contribution in [0.3, 0.4) is 0 Å². The van der Waals surface area contributed by atoms with Gasteiger partial charge in [-0.2, -0.15) is 5.26 Å². The average Bonchev–Trinajstić information content (AvgIpc) is 2.69. The van der Waals surface area contributed by atoms with Crippen molar-refractivity contribution >= 4 is 24.0 Å². The number of hydrogen-bond donors (Lipinski definition) is 1. The monoisotopic (exact) mass is 242 g/mol. The number of rotatable bonds is 1. The highest BCUT2D eigenvalue weighted by Gasteiger charge is 2.17. The third-order valence-electron chi connectivity index (χ3n) is 2.58. The topological polar surface area (TPSA) is 35.8 Å². The van der Waals surface area contributed by atoms with Crippen LogP contribution in [0.1, 0.15) is 23.5 Å². The highest BCUT2D eigenvalue weighted by Crippen LogP contribution is 2.26. The molecule has 4 heteroatoms.